The Balaban J connectivity index is 0. The summed E-state index contributed by atoms with van der Waals surface area (Å²) in [7, 11) is 3.02. The van der Waals surface area contributed by atoms with Crippen molar-refractivity contribution in [2.75, 3.05) is 41.0 Å². The number of carboxylic acid groups (broad SMARTS) is 2. The zero-order chi connectivity index (χ0) is 40.2. The molecular weight excluding hydrogens is 759 g/mol. The van der Waals surface area contributed by atoms with Crippen LogP contribution in [0.25, 0.3) is 31.3 Å². The number of nitrogens with zero attached hydrogens (tertiary/aromatic N) is 11. The van der Waals surface area contributed by atoms with E-state index in [-0.39, 0.29) is 95.3 Å². The van der Waals surface area contributed by atoms with Crippen molar-refractivity contribution in [3.63, 3.8) is 0 Å². The van der Waals surface area contributed by atoms with E-state index < -0.39 is 47.6 Å². The van der Waals surface area contributed by atoms with Crippen molar-refractivity contribution in [1.82, 2.24) is 14.7 Å². The summed E-state index contributed by atoms with van der Waals surface area (Å²) in [5.41, 5.74) is 28.4. The highest BCUT2D eigenvalue weighted by Gasteiger charge is 2.35. The Hall–Kier alpha value is -5.32. The normalized spacial score (nSPS) is 18.4. The maximum Gasteiger partial charge on any atom is 0.333 e. The third kappa shape index (κ3) is 21.0. The maximum atomic E-state index is 11.3. The van der Waals surface area contributed by atoms with E-state index in [0.717, 1.165) is 0 Å². The van der Waals surface area contributed by atoms with Gasteiger partial charge in [-0.05, 0) is 16.6 Å². The molecule has 0 spiro atoms. The standard InChI is InChI=1S/C7H10O4.C6H9N4O3P.C5H7N4O3P.C5H7NO3.H3N4P/c1-5(7(9)11-3)4-6(8)10-2;1-13-6(12)4-2-5(11)10(3-4)14-9-8-7;6-7-8-13-9-2-3(5(11)12)1-4(9)10;7-4-1-3(2-6-4)5(8)9;1-3-4-5-2/h1,4H2,2-3H3;4,14H,2-3H2,1H3;3,13H,1-2H2,(H,11,12);3H,1-2H2,(H,6,7)(H,8,9);5H,2H2. The van der Waals surface area contributed by atoms with Crippen LogP contribution in [0.4, 0.5) is 0 Å². The molecule has 29 heteroatoms. The van der Waals surface area contributed by atoms with Gasteiger partial charge < -0.3 is 44.6 Å². The summed E-state index contributed by atoms with van der Waals surface area (Å²) in [6.45, 7) is 4.05. The van der Waals surface area contributed by atoms with Gasteiger partial charge in [-0.25, -0.2) is 4.79 Å². The monoisotopic (exact) mass is 795 g/mol. The second-order valence-electron chi connectivity index (χ2n) is 9.46. The molecule has 3 saturated heterocycles. The minimum absolute atomic E-state index is 0.00326. The number of carboxylic acids is 2. The Labute approximate surface area is 299 Å². The Bertz CT molecular complexity index is 1470. The molecule has 3 amide bonds. The number of carbonyl (C=O) groups is 8. The van der Waals surface area contributed by atoms with Crippen molar-refractivity contribution < 1.29 is 62.8 Å². The van der Waals surface area contributed by atoms with Crippen molar-refractivity contribution in [3.05, 3.63) is 43.5 Å². The maximum absolute atomic E-state index is 11.3. The molecule has 3 rings (SSSR count). The highest BCUT2D eigenvalue weighted by Crippen LogP contribution is 2.31. The lowest BCUT2D eigenvalue weighted by Crippen LogP contribution is -2.19. The molecule has 0 aromatic heterocycles. The Kier molecular flexibility index (Phi) is 26.6. The molecule has 3 heterocycles. The van der Waals surface area contributed by atoms with Crippen LogP contribution < -0.4 is 10.8 Å². The molecule has 3 aliphatic rings. The predicted octanol–water partition coefficient (Wildman–Crippen LogP) is 1.81. The fourth-order valence-corrected chi connectivity index (χ4v) is 4.87. The van der Waals surface area contributed by atoms with Crippen LogP contribution in [0.3, 0.4) is 0 Å². The number of nitrogens with one attached hydrogen (secondary N) is 1. The zero-order valence-electron chi connectivity index (χ0n) is 27.8. The van der Waals surface area contributed by atoms with Crippen molar-refractivity contribution in [1.29, 1.82) is 0 Å². The summed E-state index contributed by atoms with van der Waals surface area (Å²) >= 11 is 0. The van der Waals surface area contributed by atoms with Gasteiger partial charge in [0.1, 0.15) is 0 Å². The molecule has 0 aliphatic carbocycles. The molecule has 5 N–H and O–H groups in total. The number of rotatable bonds is 11. The van der Waals surface area contributed by atoms with Gasteiger partial charge in [-0.15, -0.1) is 0 Å². The van der Waals surface area contributed by atoms with Gasteiger partial charge in [0.2, 0.25) is 17.7 Å². The minimum atomic E-state index is -0.985. The first-order valence-corrected chi connectivity index (χ1v) is 16.7. The van der Waals surface area contributed by atoms with Gasteiger partial charge in [0.15, 0.2) is 0 Å². The second-order valence-corrected chi connectivity index (χ2v) is 11.8. The number of ether oxygens (including phenoxy) is 3. The third-order valence-corrected chi connectivity index (χ3v) is 7.95. The Morgan fingerprint density at radius 2 is 1.31 bits per heavy atom. The first-order chi connectivity index (χ1) is 24.6. The molecule has 52 heavy (non-hydrogen) atoms. The zero-order valence-corrected chi connectivity index (χ0v) is 30.8. The van der Waals surface area contributed by atoms with Gasteiger partial charge in [-0.1, -0.05) is 21.2 Å². The lowest BCUT2D eigenvalue weighted by Gasteiger charge is -2.11. The topological polar surface area (TPSA) is 396 Å². The molecule has 6 atom stereocenters. The number of hydrogen-bond acceptors (Lipinski definition) is 15. The van der Waals surface area contributed by atoms with Gasteiger partial charge in [0.25, 0.3) is 0 Å². The molecule has 3 aliphatic heterocycles. The molecule has 0 saturated carbocycles. The van der Waals surface area contributed by atoms with Crippen LogP contribution in [0.2, 0.25) is 0 Å². The van der Waals surface area contributed by atoms with E-state index in [1.165, 1.54) is 30.7 Å². The van der Waals surface area contributed by atoms with E-state index in [1.54, 1.807) is 0 Å². The lowest BCUT2D eigenvalue weighted by atomic mass is 10.1. The first-order valence-electron chi connectivity index (χ1n) is 13.9. The molecule has 3 fully saturated rings. The second kappa shape index (κ2) is 28.4. The number of aliphatic carboxylic acids is 2. The summed E-state index contributed by atoms with van der Waals surface area (Å²) < 4.78 is 15.8. The molecule has 6 unspecified atom stereocenters. The van der Waals surface area contributed by atoms with Crippen molar-refractivity contribution in [2.24, 2.45) is 37.9 Å². The number of nitrogens with two attached hydrogens (primary N) is 1. The Morgan fingerprint density at radius 1 is 0.827 bits per heavy atom. The molecule has 0 aromatic carbocycles. The highest BCUT2D eigenvalue weighted by molar-refractivity contribution is 7.34. The third-order valence-electron chi connectivity index (χ3n) is 6.04. The van der Waals surface area contributed by atoms with Gasteiger partial charge >= 0.3 is 29.8 Å². The van der Waals surface area contributed by atoms with Gasteiger partial charge in [0, 0.05) is 68.1 Å². The van der Waals surface area contributed by atoms with E-state index >= 15 is 0 Å². The van der Waals surface area contributed by atoms with Gasteiger partial charge in [-0.2, -0.15) is 0 Å². The van der Waals surface area contributed by atoms with E-state index in [0.29, 0.717) is 0 Å². The fourth-order valence-electron chi connectivity index (χ4n) is 3.52. The van der Waals surface area contributed by atoms with Crippen molar-refractivity contribution in [2.45, 2.75) is 25.7 Å². The predicted molar refractivity (Wildman–Crippen MR) is 182 cm³/mol. The van der Waals surface area contributed by atoms with Crippen LogP contribution in [-0.4, -0.2) is 108 Å². The van der Waals surface area contributed by atoms with E-state index in [2.05, 4.69) is 55.5 Å². The highest BCUT2D eigenvalue weighted by atomic mass is 31.1. The van der Waals surface area contributed by atoms with Crippen molar-refractivity contribution in [3.8, 4) is 0 Å². The average Bonchev–Trinajstić information content (AvgIpc) is 3.84. The van der Waals surface area contributed by atoms with Crippen LogP contribution in [0.1, 0.15) is 25.7 Å². The molecule has 286 valence electrons. The Morgan fingerprint density at radius 3 is 1.62 bits per heavy atom. The summed E-state index contributed by atoms with van der Waals surface area (Å²) in [5, 5.41) is 19.4. The van der Waals surface area contributed by atoms with E-state index in [1.807, 2.05) is 0 Å². The van der Waals surface area contributed by atoms with Crippen LogP contribution in [0, 0.1) is 17.8 Å². The van der Waals surface area contributed by atoms with Crippen molar-refractivity contribution >= 4 is 74.2 Å². The molecule has 0 bridgehead atoms. The summed E-state index contributed by atoms with van der Waals surface area (Å²) in [5.74, 6) is -5.55. The summed E-state index contributed by atoms with van der Waals surface area (Å²) in [4.78, 5) is 103. The van der Waals surface area contributed by atoms with E-state index in [9.17, 15) is 38.4 Å². The number of azide groups is 3. The van der Waals surface area contributed by atoms with Crippen LogP contribution in [0.5, 0.6) is 0 Å². The smallest absolute Gasteiger partial charge is 0.333 e. The molecular formula is C23H36N13O13P3. The first kappa shape index (κ1) is 48.8. The number of esters is 3. The number of methoxy groups -OCH3 is 3. The molecule has 0 aromatic rings. The van der Waals surface area contributed by atoms with Crippen LogP contribution >= 0.6 is 26.6 Å². The largest absolute Gasteiger partial charge is 0.481 e. The van der Waals surface area contributed by atoms with Gasteiger partial charge in [0.05, 0.1) is 63.3 Å². The number of hydrogen-bond donors (Lipinski definition) is 4. The lowest BCUT2D eigenvalue weighted by molar-refractivity contribution is -0.145. The number of carbonyl (C=O) groups excluding carboxylic acids is 6. The van der Waals surface area contributed by atoms with Crippen LogP contribution in [-0.2, 0) is 52.6 Å². The SMILES string of the molecule is C=C(CC(=O)OC)C(=O)OC.COC(=O)C1CC(=O)N(PN=[N+]=[N-])C1.O=C1CC(C(=O)O)CN1.[N-]=[N+]=NPN.[N-]=[N+]=NPN1CC(C(=O)O)CC1=O. The quantitative estimate of drug-likeness (QED) is 0.0441. The summed E-state index contributed by atoms with van der Waals surface area (Å²) in [6, 6.07) is 0. The average molecular weight is 796 g/mol. The minimum Gasteiger partial charge on any atom is -0.481 e. The fraction of sp³-hybridized carbons (Fsp3) is 0.565. The molecule has 26 nitrogen and oxygen atoms in total. The van der Waals surface area contributed by atoms with Gasteiger partial charge in [-0.3, -0.25) is 33.6 Å². The number of amides is 3. The summed E-state index contributed by atoms with van der Waals surface area (Å²) in [6.07, 6.45) is 0.155. The van der Waals surface area contributed by atoms with Crippen LogP contribution in [0.15, 0.2) is 26.8 Å². The van der Waals surface area contributed by atoms with E-state index in [4.69, 9.17) is 32.3 Å². The molecule has 0 radical (unpaired) electrons.